The SMILES string of the molecule is Cc1c(Nc2ccc(C#N)cc2Cl)ncnc1OC1CC2COC[C@@H](C1)N2. The second-order valence-electron chi connectivity index (χ2n) is 6.89. The van der Waals surface area contributed by atoms with Crippen molar-refractivity contribution in [1.82, 2.24) is 15.3 Å². The number of piperidine rings is 1. The molecule has 2 bridgehead atoms. The molecule has 0 saturated carbocycles. The summed E-state index contributed by atoms with van der Waals surface area (Å²) in [5.74, 6) is 1.20. The van der Waals surface area contributed by atoms with E-state index < -0.39 is 0 Å². The third-order valence-electron chi connectivity index (χ3n) is 4.87. The molecule has 2 N–H and O–H groups in total. The summed E-state index contributed by atoms with van der Waals surface area (Å²) >= 11 is 6.25. The van der Waals surface area contributed by atoms with E-state index in [0.29, 0.717) is 40.1 Å². The van der Waals surface area contributed by atoms with Gasteiger partial charge in [-0.05, 0) is 25.1 Å². The van der Waals surface area contributed by atoms with Crippen LogP contribution in [0.2, 0.25) is 5.02 Å². The van der Waals surface area contributed by atoms with Gasteiger partial charge in [0.15, 0.2) is 0 Å². The van der Waals surface area contributed by atoms with E-state index in [1.807, 2.05) is 6.92 Å². The van der Waals surface area contributed by atoms with Gasteiger partial charge in [0.05, 0.1) is 41.1 Å². The highest BCUT2D eigenvalue weighted by molar-refractivity contribution is 6.33. The van der Waals surface area contributed by atoms with Crippen LogP contribution >= 0.6 is 11.6 Å². The van der Waals surface area contributed by atoms with Crippen LogP contribution in [-0.4, -0.2) is 41.4 Å². The van der Waals surface area contributed by atoms with Crippen LogP contribution in [0.3, 0.4) is 0 Å². The molecule has 2 aromatic rings. The first-order valence-electron chi connectivity index (χ1n) is 8.91. The van der Waals surface area contributed by atoms with E-state index in [1.54, 1.807) is 18.2 Å². The van der Waals surface area contributed by atoms with Crippen LogP contribution in [-0.2, 0) is 4.74 Å². The fourth-order valence-corrected chi connectivity index (χ4v) is 3.76. The van der Waals surface area contributed by atoms with Gasteiger partial charge in [-0.2, -0.15) is 5.26 Å². The van der Waals surface area contributed by atoms with Gasteiger partial charge in [-0.15, -0.1) is 0 Å². The van der Waals surface area contributed by atoms with E-state index in [-0.39, 0.29) is 6.10 Å². The summed E-state index contributed by atoms with van der Waals surface area (Å²) in [5, 5.41) is 16.2. The van der Waals surface area contributed by atoms with E-state index in [9.17, 15) is 0 Å². The van der Waals surface area contributed by atoms with Gasteiger partial charge in [0, 0.05) is 24.9 Å². The summed E-state index contributed by atoms with van der Waals surface area (Å²) in [6, 6.07) is 7.82. The third kappa shape index (κ3) is 3.98. The highest BCUT2D eigenvalue weighted by Crippen LogP contribution is 2.30. The van der Waals surface area contributed by atoms with Crippen LogP contribution in [0.1, 0.15) is 24.0 Å². The fourth-order valence-electron chi connectivity index (χ4n) is 3.53. The summed E-state index contributed by atoms with van der Waals surface area (Å²) in [4.78, 5) is 8.63. The summed E-state index contributed by atoms with van der Waals surface area (Å²) in [5.41, 5.74) is 2.00. The predicted octanol–water partition coefficient (Wildman–Crippen LogP) is 2.95. The van der Waals surface area contributed by atoms with Gasteiger partial charge in [-0.3, -0.25) is 0 Å². The van der Waals surface area contributed by atoms with Crippen molar-refractivity contribution >= 4 is 23.1 Å². The monoisotopic (exact) mass is 385 g/mol. The number of anilines is 2. The van der Waals surface area contributed by atoms with Crippen molar-refractivity contribution in [3.63, 3.8) is 0 Å². The Hall–Kier alpha value is -2.40. The highest BCUT2D eigenvalue weighted by Gasteiger charge is 2.33. The molecular formula is C19H20ClN5O2. The average molecular weight is 386 g/mol. The van der Waals surface area contributed by atoms with Crippen LogP contribution < -0.4 is 15.4 Å². The summed E-state index contributed by atoms with van der Waals surface area (Å²) < 4.78 is 11.8. The lowest BCUT2D eigenvalue weighted by Gasteiger charge is -2.39. The van der Waals surface area contributed by atoms with Crippen molar-refractivity contribution in [2.75, 3.05) is 18.5 Å². The zero-order valence-corrected chi connectivity index (χ0v) is 15.7. The first-order valence-corrected chi connectivity index (χ1v) is 9.29. The van der Waals surface area contributed by atoms with E-state index in [1.165, 1.54) is 6.33 Å². The Balaban J connectivity index is 1.50. The molecule has 2 aliphatic heterocycles. The largest absolute Gasteiger partial charge is 0.474 e. The molecule has 3 heterocycles. The lowest BCUT2D eigenvalue weighted by atomic mass is 9.95. The first kappa shape index (κ1) is 18.0. The van der Waals surface area contributed by atoms with Gasteiger partial charge in [0.1, 0.15) is 18.2 Å². The Labute approximate surface area is 162 Å². The number of benzene rings is 1. The Morgan fingerprint density at radius 1 is 1.30 bits per heavy atom. The van der Waals surface area contributed by atoms with Crippen LogP contribution in [0.25, 0.3) is 0 Å². The first-order chi connectivity index (χ1) is 13.1. The van der Waals surface area contributed by atoms with Gasteiger partial charge in [-0.25, -0.2) is 9.97 Å². The standard InChI is InChI=1S/C19H20ClN5O2/c1-11-18(25-17-3-2-12(7-21)4-16(17)20)22-10-23-19(11)27-15-5-13-8-26-9-14(6-15)24-13/h2-4,10,13-15,24H,5-6,8-9H2,1H3,(H,22,23,25)/t13-,14?,15?/m1/s1. The van der Waals surface area contributed by atoms with Gasteiger partial charge >= 0.3 is 0 Å². The number of nitrogens with zero attached hydrogens (tertiary/aromatic N) is 3. The molecule has 0 spiro atoms. The van der Waals surface area contributed by atoms with Gasteiger partial charge < -0.3 is 20.1 Å². The lowest BCUT2D eigenvalue weighted by Crippen LogP contribution is -2.56. The molecular weight excluding hydrogens is 366 g/mol. The Kier molecular flexibility index (Phi) is 5.12. The van der Waals surface area contributed by atoms with Crippen LogP contribution in [0.5, 0.6) is 5.88 Å². The zero-order valence-electron chi connectivity index (χ0n) is 14.9. The number of rotatable bonds is 4. The molecule has 7 nitrogen and oxygen atoms in total. The van der Waals surface area contributed by atoms with Crippen molar-refractivity contribution in [2.24, 2.45) is 0 Å². The van der Waals surface area contributed by atoms with Crippen molar-refractivity contribution in [3.8, 4) is 11.9 Å². The molecule has 140 valence electrons. The molecule has 1 aromatic heterocycles. The van der Waals surface area contributed by atoms with Crippen molar-refractivity contribution in [3.05, 3.63) is 40.7 Å². The second kappa shape index (κ2) is 7.69. The minimum Gasteiger partial charge on any atom is -0.474 e. The normalized spacial score (nSPS) is 24.1. The minimum absolute atomic E-state index is 0.102. The molecule has 0 aliphatic carbocycles. The maximum Gasteiger partial charge on any atom is 0.221 e. The summed E-state index contributed by atoms with van der Waals surface area (Å²) in [6.45, 7) is 3.37. The van der Waals surface area contributed by atoms with Gasteiger partial charge in [0.25, 0.3) is 0 Å². The number of fused-ring (bicyclic) bond motifs is 2. The van der Waals surface area contributed by atoms with E-state index in [4.69, 9.17) is 26.3 Å². The highest BCUT2D eigenvalue weighted by atomic mass is 35.5. The molecule has 2 saturated heterocycles. The van der Waals surface area contributed by atoms with Gasteiger partial charge in [0.2, 0.25) is 5.88 Å². The number of nitrogens with one attached hydrogen (secondary N) is 2. The van der Waals surface area contributed by atoms with Gasteiger partial charge in [-0.1, -0.05) is 11.6 Å². The number of halogens is 1. The number of morpholine rings is 1. The molecule has 2 aliphatic rings. The van der Waals surface area contributed by atoms with E-state index >= 15 is 0 Å². The number of nitriles is 1. The quantitative estimate of drug-likeness (QED) is 0.835. The molecule has 4 rings (SSSR count). The summed E-state index contributed by atoms with van der Waals surface area (Å²) in [6.07, 6.45) is 3.37. The van der Waals surface area contributed by atoms with Crippen LogP contribution in [0, 0.1) is 18.3 Å². The van der Waals surface area contributed by atoms with Crippen molar-refractivity contribution in [2.45, 2.75) is 38.0 Å². The topological polar surface area (TPSA) is 92.1 Å². The van der Waals surface area contributed by atoms with Crippen LogP contribution in [0.4, 0.5) is 11.5 Å². The number of ether oxygens (including phenoxy) is 2. The Bertz CT molecular complexity index is 873. The maximum absolute atomic E-state index is 8.96. The Morgan fingerprint density at radius 2 is 2.07 bits per heavy atom. The maximum atomic E-state index is 8.96. The number of hydrogen-bond donors (Lipinski definition) is 2. The molecule has 0 amide bonds. The molecule has 1 aromatic carbocycles. The summed E-state index contributed by atoms with van der Waals surface area (Å²) in [7, 11) is 0. The zero-order chi connectivity index (χ0) is 18.8. The molecule has 27 heavy (non-hydrogen) atoms. The predicted molar refractivity (Wildman–Crippen MR) is 101 cm³/mol. The molecule has 2 fully saturated rings. The average Bonchev–Trinajstić information content (AvgIpc) is 2.66. The number of hydrogen-bond acceptors (Lipinski definition) is 7. The minimum atomic E-state index is 0.102. The molecule has 3 atom stereocenters. The Morgan fingerprint density at radius 3 is 2.78 bits per heavy atom. The molecule has 8 heteroatoms. The molecule has 2 unspecified atom stereocenters. The fraction of sp³-hybridized carbons (Fsp3) is 0.421. The number of aromatic nitrogens is 2. The third-order valence-corrected chi connectivity index (χ3v) is 5.18. The second-order valence-corrected chi connectivity index (χ2v) is 7.30. The van der Waals surface area contributed by atoms with E-state index in [2.05, 4.69) is 26.7 Å². The van der Waals surface area contributed by atoms with Crippen LogP contribution in [0.15, 0.2) is 24.5 Å². The lowest BCUT2D eigenvalue weighted by molar-refractivity contribution is -0.0134. The van der Waals surface area contributed by atoms with Crippen molar-refractivity contribution in [1.29, 1.82) is 5.26 Å². The smallest absolute Gasteiger partial charge is 0.221 e. The van der Waals surface area contributed by atoms with E-state index in [0.717, 1.165) is 31.6 Å². The molecule has 0 radical (unpaired) electrons. The van der Waals surface area contributed by atoms with Crippen molar-refractivity contribution < 1.29 is 9.47 Å².